The highest BCUT2D eigenvalue weighted by Crippen LogP contribution is 2.21. The van der Waals surface area contributed by atoms with Gasteiger partial charge in [-0.15, -0.1) is 0 Å². The Morgan fingerprint density at radius 1 is 1.25 bits per heavy atom. The van der Waals surface area contributed by atoms with Gasteiger partial charge >= 0.3 is 0 Å². The molecular formula is C15H29N3O2. The van der Waals surface area contributed by atoms with Crippen molar-refractivity contribution in [1.29, 1.82) is 0 Å². The highest BCUT2D eigenvalue weighted by molar-refractivity contribution is 5.77. The van der Waals surface area contributed by atoms with E-state index in [4.69, 9.17) is 10.5 Å². The van der Waals surface area contributed by atoms with Gasteiger partial charge in [0.2, 0.25) is 5.91 Å². The van der Waals surface area contributed by atoms with Crippen LogP contribution in [0.5, 0.6) is 0 Å². The molecule has 0 saturated carbocycles. The zero-order chi connectivity index (χ0) is 14.4. The second-order valence-corrected chi connectivity index (χ2v) is 6.04. The molecule has 116 valence electrons. The van der Waals surface area contributed by atoms with E-state index < -0.39 is 0 Å². The second-order valence-electron chi connectivity index (χ2n) is 6.04. The van der Waals surface area contributed by atoms with Crippen LogP contribution in [0.4, 0.5) is 0 Å². The maximum Gasteiger partial charge on any atom is 0.225 e. The molecule has 2 N–H and O–H groups in total. The van der Waals surface area contributed by atoms with E-state index >= 15 is 0 Å². The van der Waals surface area contributed by atoms with Gasteiger partial charge in [-0.1, -0.05) is 6.42 Å². The lowest BCUT2D eigenvalue weighted by Crippen LogP contribution is -2.45. The Balaban J connectivity index is 1.84. The van der Waals surface area contributed by atoms with Crippen molar-refractivity contribution in [2.45, 2.75) is 50.7 Å². The van der Waals surface area contributed by atoms with E-state index in [2.05, 4.69) is 9.80 Å². The minimum Gasteiger partial charge on any atom is -0.380 e. The molecule has 0 aromatic carbocycles. The fourth-order valence-corrected chi connectivity index (χ4v) is 3.37. The second kappa shape index (κ2) is 7.96. The van der Waals surface area contributed by atoms with Gasteiger partial charge in [0.1, 0.15) is 0 Å². The van der Waals surface area contributed by atoms with Gasteiger partial charge in [0.25, 0.3) is 0 Å². The van der Waals surface area contributed by atoms with Crippen LogP contribution in [0.2, 0.25) is 0 Å². The maximum absolute atomic E-state index is 12.4. The normalized spacial score (nSPS) is 25.9. The Morgan fingerprint density at radius 3 is 2.65 bits per heavy atom. The maximum atomic E-state index is 12.4. The number of nitrogens with two attached hydrogens (primary N) is 1. The molecule has 2 fully saturated rings. The third kappa shape index (κ3) is 4.17. The summed E-state index contributed by atoms with van der Waals surface area (Å²) >= 11 is 0. The molecule has 0 radical (unpaired) electrons. The average Bonchev–Trinajstić information content (AvgIpc) is 2.94. The molecule has 5 heteroatoms. The Bertz CT molecular complexity index is 301. The highest BCUT2D eigenvalue weighted by atomic mass is 16.5. The molecule has 2 unspecified atom stereocenters. The Kier molecular flexibility index (Phi) is 6.26. The van der Waals surface area contributed by atoms with Crippen LogP contribution < -0.4 is 5.73 Å². The molecule has 0 aromatic rings. The molecular weight excluding hydrogens is 254 g/mol. The molecule has 2 aliphatic heterocycles. The minimum absolute atomic E-state index is 0.140. The van der Waals surface area contributed by atoms with E-state index in [1.54, 1.807) is 7.11 Å². The van der Waals surface area contributed by atoms with Crippen molar-refractivity contribution in [2.75, 3.05) is 39.8 Å². The van der Waals surface area contributed by atoms with E-state index in [9.17, 15) is 4.79 Å². The fraction of sp³-hybridized carbons (Fsp3) is 0.933. The van der Waals surface area contributed by atoms with Crippen LogP contribution in [0.15, 0.2) is 0 Å². The first kappa shape index (κ1) is 15.7. The molecule has 2 rings (SSSR count). The number of likely N-dealkylation sites (tertiary alicyclic amines) is 2. The topological polar surface area (TPSA) is 58.8 Å². The van der Waals surface area contributed by atoms with Crippen LogP contribution in [-0.4, -0.2) is 67.7 Å². The molecule has 2 aliphatic rings. The molecule has 0 spiro atoms. The minimum atomic E-state index is -0.140. The predicted molar refractivity (Wildman–Crippen MR) is 79.5 cm³/mol. The molecule has 5 nitrogen and oxygen atoms in total. The average molecular weight is 283 g/mol. The summed E-state index contributed by atoms with van der Waals surface area (Å²) < 4.78 is 5.23. The van der Waals surface area contributed by atoms with E-state index in [1.165, 1.54) is 32.4 Å². The van der Waals surface area contributed by atoms with Crippen molar-refractivity contribution < 1.29 is 9.53 Å². The molecule has 0 aromatic heterocycles. The summed E-state index contributed by atoms with van der Waals surface area (Å²) in [6.45, 7) is 4.75. The highest BCUT2D eigenvalue weighted by Gasteiger charge is 2.31. The Hall–Kier alpha value is -0.650. The van der Waals surface area contributed by atoms with Crippen molar-refractivity contribution in [2.24, 2.45) is 5.73 Å². The van der Waals surface area contributed by atoms with E-state index in [-0.39, 0.29) is 12.0 Å². The number of carbonyl (C=O) groups is 1. The molecule has 2 heterocycles. The van der Waals surface area contributed by atoms with Crippen molar-refractivity contribution in [3.05, 3.63) is 0 Å². The number of amides is 1. The van der Waals surface area contributed by atoms with Crippen molar-refractivity contribution in [3.63, 3.8) is 0 Å². The van der Waals surface area contributed by atoms with Crippen LogP contribution in [0, 0.1) is 0 Å². The summed E-state index contributed by atoms with van der Waals surface area (Å²) in [6, 6.07) is 0.399. The van der Waals surface area contributed by atoms with Crippen LogP contribution in [0.1, 0.15) is 38.5 Å². The van der Waals surface area contributed by atoms with E-state index in [0.717, 1.165) is 25.9 Å². The number of hydrogen-bond donors (Lipinski definition) is 1. The van der Waals surface area contributed by atoms with Gasteiger partial charge < -0.3 is 20.3 Å². The summed E-state index contributed by atoms with van der Waals surface area (Å²) in [5.41, 5.74) is 5.61. The SMILES string of the molecule is COC(CN)CC(=O)N1CCCC1CN1CCCCC1. The van der Waals surface area contributed by atoms with Crippen LogP contribution in [0.3, 0.4) is 0 Å². The lowest BCUT2D eigenvalue weighted by Gasteiger charge is -2.33. The summed E-state index contributed by atoms with van der Waals surface area (Å²) in [5.74, 6) is 0.210. The summed E-state index contributed by atoms with van der Waals surface area (Å²) in [7, 11) is 1.63. The Morgan fingerprint density at radius 2 is 2.00 bits per heavy atom. The number of piperidine rings is 1. The van der Waals surface area contributed by atoms with Gasteiger partial charge in [0.05, 0.1) is 12.5 Å². The lowest BCUT2D eigenvalue weighted by molar-refractivity contribution is -0.134. The first-order valence-electron chi connectivity index (χ1n) is 7.99. The van der Waals surface area contributed by atoms with Gasteiger partial charge in [0, 0.05) is 32.8 Å². The van der Waals surface area contributed by atoms with Gasteiger partial charge in [-0.2, -0.15) is 0 Å². The number of nitrogens with zero attached hydrogens (tertiary/aromatic N) is 2. The lowest BCUT2D eigenvalue weighted by atomic mass is 10.1. The molecule has 0 bridgehead atoms. The number of carbonyl (C=O) groups excluding carboxylic acids is 1. The smallest absolute Gasteiger partial charge is 0.225 e. The van der Waals surface area contributed by atoms with Crippen molar-refractivity contribution in [1.82, 2.24) is 9.80 Å². The van der Waals surface area contributed by atoms with Crippen molar-refractivity contribution in [3.8, 4) is 0 Å². The largest absolute Gasteiger partial charge is 0.380 e. The quantitative estimate of drug-likeness (QED) is 0.784. The Labute approximate surface area is 122 Å². The summed E-state index contributed by atoms with van der Waals surface area (Å²) in [5, 5.41) is 0. The number of hydrogen-bond acceptors (Lipinski definition) is 4. The van der Waals surface area contributed by atoms with Gasteiger partial charge in [-0.05, 0) is 38.8 Å². The molecule has 0 aliphatic carbocycles. The third-order valence-electron chi connectivity index (χ3n) is 4.61. The molecule has 20 heavy (non-hydrogen) atoms. The number of rotatable bonds is 6. The first-order valence-corrected chi connectivity index (χ1v) is 7.99. The summed E-state index contributed by atoms with van der Waals surface area (Å²) in [6.07, 6.45) is 6.52. The van der Waals surface area contributed by atoms with Gasteiger partial charge in [-0.25, -0.2) is 0 Å². The van der Waals surface area contributed by atoms with E-state index in [1.807, 2.05) is 0 Å². The van der Waals surface area contributed by atoms with E-state index in [0.29, 0.717) is 19.0 Å². The third-order valence-corrected chi connectivity index (χ3v) is 4.61. The molecule has 2 saturated heterocycles. The zero-order valence-electron chi connectivity index (χ0n) is 12.7. The molecule has 2 atom stereocenters. The standard InChI is InChI=1S/C15H29N3O2/c1-20-14(11-16)10-15(19)18-9-5-6-13(18)12-17-7-3-2-4-8-17/h13-14H,2-12,16H2,1H3. The summed E-state index contributed by atoms with van der Waals surface area (Å²) in [4.78, 5) is 17.0. The van der Waals surface area contributed by atoms with Crippen LogP contribution >= 0.6 is 0 Å². The first-order chi connectivity index (χ1) is 9.74. The van der Waals surface area contributed by atoms with Crippen molar-refractivity contribution >= 4 is 5.91 Å². The number of methoxy groups -OCH3 is 1. The molecule has 1 amide bonds. The van der Waals surface area contributed by atoms with Gasteiger partial charge in [-0.3, -0.25) is 4.79 Å². The predicted octanol–water partition coefficient (Wildman–Crippen LogP) is 0.827. The monoisotopic (exact) mass is 283 g/mol. The van der Waals surface area contributed by atoms with Gasteiger partial charge in [0.15, 0.2) is 0 Å². The zero-order valence-corrected chi connectivity index (χ0v) is 12.7. The fourth-order valence-electron chi connectivity index (χ4n) is 3.37. The van der Waals surface area contributed by atoms with Crippen LogP contribution in [0.25, 0.3) is 0 Å². The van der Waals surface area contributed by atoms with Crippen LogP contribution in [-0.2, 0) is 9.53 Å². The number of ether oxygens (including phenoxy) is 1.